The average Bonchev–Trinajstić information content (AvgIpc) is 3.25. The van der Waals surface area contributed by atoms with Crippen molar-refractivity contribution in [2.75, 3.05) is 44.3 Å². The van der Waals surface area contributed by atoms with Crippen molar-refractivity contribution in [3.63, 3.8) is 0 Å². The first kappa shape index (κ1) is 22.5. The first-order chi connectivity index (χ1) is 15.2. The van der Waals surface area contributed by atoms with E-state index in [1.54, 1.807) is 41.6 Å². The Bertz CT molecular complexity index is 1250. The zero-order valence-electron chi connectivity index (χ0n) is 17.1. The molecule has 2 aromatic heterocycles. The van der Waals surface area contributed by atoms with Gasteiger partial charge in [-0.1, -0.05) is 17.4 Å². The number of thiazole rings is 1. The van der Waals surface area contributed by atoms with E-state index in [4.69, 9.17) is 4.74 Å². The molecule has 0 unspecified atom stereocenters. The number of amides is 1. The van der Waals surface area contributed by atoms with E-state index in [0.29, 0.717) is 47.2 Å². The molecule has 2 aromatic carbocycles. The molecule has 3 heterocycles. The largest absolute Gasteiger partial charge is 0.379 e. The number of anilines is 1. The van der Waals surface area contributed by atoms with Crippen molar-refractivity contribution in [1.29, 1.82) is 0 Å². The van der Waals surface area contributed by atoms with Gasteiger partial charge in [-0.2, -0.15) is 0 Å². The maximum atomic E-state index is 14.2. The van der Waals surface area contributed by atoms with Gasteiger partial charge < -0.3 is 4.74 Å². The molecule has 5 rings (SSSR count). The maximum Gasteiger partial charge on any atom is 0.260 e. The summed E-state index contributed by atoms with van der Waals surface area (Å²) in [6.45, 7) is 4.14. The molecule has 166 valence electrons. The number of para-hydroxylation sites is 1. The summed E-state index contributed by atoms with van der Waals surface area (Å²) in [7, 11) is 0. The van der Waals surface area contributed by atoms with Crippen molar-refractivity contribution < 1.29 is 13.9 Å². The third kappa shape index (κ3) is 4.56. The fourth-order valence-electron chi connectivity index (χ4n) is 3.62. The number of benzene rings is 2. The first-order valence-electron chi connectivity index (χ1n) is 10.1. The predicted molar refractivity (Wildman–Crippen MR) is 125 cm³/mol. The van der Waals surface area contributed by atoms with Crippen LogP contribution in [-0.2, 0) is 4.74 Å². The van der Waals surface area contributed by atoms with Gasteiger partial charge >= 0.3 is 0 Å². The fraction of sp³-hybridized carbons (Fsp3) is 0.273. The second-order valence-corrected chi connectivity index (χ2v) is 8.26. The highest BCUT2D eigenvalue weighted by molar-refractivity contribution is 7.22. The molecule has 0 N–H and O–H groups in total. The lowest BCUT2D eigenvalue weighted by Crippen LogP contribution is -2.43. The van der Waals surface area contributed by atoms with Gasteiger partial charge in [-0.25, -0.2) is 9.37 Å². The average molecular weight is 474 g/mol. The van der Waals surface area contributed by atoms with E-state index in [1.165, 1.54) is 17.4 Å². The number of fused-ring (bicyclic) bond motifs is 2. The number of carbonyl (C=O) groups excluding carboxylic acids is 1. The molecule has 1 amide bonds. The van der Waals surface area contributed by atoms with E-state index in [2.05, 4.69) is 19.9 Å². The van der Waals surface area contributed by atoms with Gasteiger partial charge in [0.25, 0.3) is 5.91 Å². The summed E-state index contributed by atoms with van der Waals surface area (Å²) in [6.07, 6.45) is 3.22. The Hall–Kier alpha value is -2.72. The molecular weight excluding hydrogens is 453 g/mol. The number of halogens is 2. The highest BCUT2D eigenvalue weighted by Crippen LogP contribution is 2.31. The Kier molecular flexibility index (Phi) is 6.90. The van der Waals surface area contributed by atoms with E-state index >= 15 is 0 Å². The molecule has 1 aliphatic rings. The van der Waals surface area contributed by atoms with E-state index in [9.17, 15) is 9.18 Å². The van der Waals surface area contributed by atoms with Crippen molar-refractivity contribution in [2.45, 2.75) is 0 Å². The maximum absolute atomic E-state index is 14.2. The van der Waals surface area contributed by atoms with Crippen LogP contribution in [-0.4, -0.2) is 65.2 Å². The molecule has 10 heteroatoms. The highest BCUT2D eigenvalue weighted by atomic mass is 35.5. The van der Waals surface area contributed by atoms with Gasteiger partial charge in [0.15, 0.2) is 5.13 Å². The number of morpholine rings is 1. The number of carbonyl (C=O) groups is 1. The van der Waals surface area contributed by atoms with Crippen LogP contribution in [0, 0.1) is 5.82 Å². The molecule has 7 nitrogen and oxygen atoms in total. The number of aromatic nitrogens is 3. The molecule has 0 radical (unpaired) electrons. The van der Waals surface area contributed by atoms with Crippen molar-refractivity contribution in [1.82, 2.24) is 19.9 Å². The number of nitrogens with zero attached hydrogens (tertiary/aromatic N) is 5. The molecule has 1 fully saturated rings. The lowest BCUT2D eigenvalue weighted by molar-refractivity contribution is 0.0391. The lowest BCUT2D eigenvalue weighted by atomic mass is 10.1. The molecule has 1 saturated heterocycles. The zero-order valence-corrected chi connectivity index (χ0v) is 18.7. The SMILES string of the molecule is Cl.O=C(c1ccc2nccnc2c1)N(CCN1CCOCC1)c1nc2c(F)cccc2s1. The number of ether oxygens (including phenoxy) is 1. The minimum absolute atomic E-state index is 0. The summed E-state index contributed by atoms with van der Waals surface area (Å²) in [5.74, 6) is -0.582. The van der Waals surface area contributed by atoms with E-state index in [-0.39, 0.29) is 29.6 Å². The Morgan fingerprint density at radius 1 is 1.12 bits per heavy atom. The topological polar surface area (TPSA) is 71.5 Å². The Labute approximate surface area is 194 Å². The van der Waals surface area contributed by atoms with Gasteiger partial charge in [0.2, 0.25) is 0 Å². The van der Waals surface area contributed by atoms with Crippen LogP contribution in [0.15, 0.2) is 48.8 Å². The second kappa shape index (κ2) is 9.83. The molecule has 1 aliphatic heterocycles. The van der Waals surface area contributed by atoms with E-state index in [0.717, 1.165) is 18.6 Å². The van der Waals surface area contributed by atoms with Crippen molar-refractivity contribution in [3.8, 4) is 0 Å². The van der Waals surface area contributed by atoms with Crippen LogP contribution < -0.4 is 4.90 Å². The number of hydrogen-bond acceptors (Lipinski definition) is 7. The Morgan fingerprint density at radius 3 is 2.69 bits per heavy atom. The van der Waals surface area contributed by atoms with Crippen molar-refractivity contribution in [3.05, 3.63) is 60.2 Å². The molecule has 4 aromatic rings. The normalized spacial score (nSPS) is 14.4. The van der Waals surface area contributed by atoms with Crippen LogP contribution in [0.3, 0.4) is 0 Å². The molecule has 32 heavy (non-hydrogen) atoms. The van der Waals surface area contributed by atoms with E-state index in [1.807, 2.05) is 6.07 Å². The predicted octanol–water partition coefficient (Wildman–Crippen LogP) is 3.78. The molecule has 0 spiro atoms. The third-order valence-electron chi connectivity index (χ3n) is 5.29. The summed E-state index contributed by atoms with van der Waals surface area (Å²) >= 11 is 1.32. The van der Waals surface area contributed by atoms with Crippen molar-refractivity contribution >= 4 is 56.0 Å². The summed E-state index contributed by atoms with van der Waals surface area (Å²) in [4.78, 5) is 30.5. The molecule has 0 bridgehead atoms. The zero-order chi connectivity index (χ0) is 21.2. The number of hydrogen-bond donors (Lipinski definition) is 0. The Balaban J connectivity index is 0.00000245. The summed E-state index contributed by atoms with van der Waals surface area (Å²) < 4.78 is 20.4. The highest BCUT2D eigenvalue weighted by Gasteiger charge is 2.24. The smallest absolute Gasteiger partial charge is 0.260 e. The van der Waals surface area contributed by atoms with Crippen LogP contribution in [0.25, 0.3) is 21.3 Å². The van der Waals surface area contributed by atoms with Gasteiger partial charge in [-0.05, 0) is 30.3 Å². The minimum atomic E-state index is -0.387. The van der Waals surface area contributed by atoms with E-state index < -0.39 is 0 Å². The van der Waals surface area contributed by atoms with Gasteiger partial charge in [-0.15, -0.1) is 12.4 Å². The molecular formula is C22H21ClFN5O2S. The van der Waals surface area contributed by atoms with Gasteiger partial charge in [0.1, 0.15) is 11.3 Å². The molecule has 0 saturated carbocycles. The number of rotatable bonds is 5. The lowest BCUT2D eigenvalue weighted by Gasteiger charge is -2.29. The summed E-state index contributed by atoms with van der Waals surface area (Å²) in [5.41, 5.74) is 2.16. The van der Waals surface area contributed by atoms with Crippen LogP contribution in [0.1, 0.15) is 10.4 Å². The van der Waals surface area contributed by atoms with Crippen LogP contribution in [0.2, 0.25) is 0 Å². The quantitative estimate of drug-likeness (QED) is 0.439. The second-order valence-electron chi connectivity index (χ2n) is 7.25. The Morgan fingerprint density at radius 2 is 1.91 bits per heavy atom. The fourth-order valence-corrected chi connectivity index (χ4v) is 4.63. The molecule has 0 atom stereocenters. The van der Waals surface area contributed by atoms with Gasteiger partial charge in [0.05, 0.1) is 28.9 Å². The minimum Gasteiger partial charge on any atom is -0.379 e. The first-order valence-corrected chi connectivity index (χ1v) is 10.9. The summed E-state index contributed by atoms with van der Waals surface area (Å²) in [5, 5.41) is 0.484. The molecule has 0 aliphatic carbocycles. The standard InChI is InChI=1S/C22H20FN5O2S.ClH/c23-16-2-1-3-19-20(16)26-22(31-19)28(9-8-27-10-12-30-13-11-27)21(29)15-4-5-17-18(14-15)25-7-6-24-17;/h1-7,14H,8-13H2;1H. The van der Waals surface area contributed by atoms with Crippen molar-refractivity contribution in [2.24, 2.45) is 0 Å². The van der Waals surface area contributed by atoms with Crippen LogP contribution in [0.4, 0.5) is 9.52 Å². The van der Waals surface area contributed by atoms with Gasteiger partial charge in [-0.3, -0.25) is 24.6 Å². The monoisotopic (exact) mass is 473 g/mol. The van der Waals surface area contributed by atoms with Gasteiger partial charge in [0, 0.05) is 44.1 Å². The van der Waals surface area contributed by atoms with Crippen LogP contribution >= 0.6 is 23.7 Å². The third-order valence-corrected chi connectivity index (χ3v) is 6.34. The summed E-state index contributed by atoms with van der Waals surface area (Å²) in [6, 6.07) is 10.1. The van der Waals surface area contributed by atoms with Crippen LogP contribution in [0.5, 0.6) is 0 Å².